The molecule has 5 heteroatoms. The van der Waals surface area contributed by atoms with Crippen LogP contribution in [0.5, 0.6) is 5.75 Å². The van der Waals surface area contributed by atoms with Crippen molar-refractivity contribution in [1.82, 2.24) is 4.90 Å². The number of rotatable bonds is 5. The second-order valence-electron chi connectivity index (χ2n) is 4.84. The molecule has 104 valence electrons. The third-order valence-corrected chi connectivity index (χ3v) is 3.47. The number of methoxy groups -OCH3 is 1. The highest BCUT2D eigenvalue weighted by atomic mass is 19.1. The van der Waals surface area contributed by atoms with Gasteiger partial charge in [-0.2, -0.15) is 0 Å². The third-order valence-electron chi connectivity index (χ3n) is 3.47. The number of likely N-dealkylation sites (tertiary alicyclic amines) is 1. The predicted molar refractivity (Wildman–Crippen MR) is 68.9 cm³/mol. The highest BCUT2D eigenvalue weighted by molar-refractivity contribution is 5.97. The number of hydrogen-bond acceptors (Lipinski definition) is 4. The minimum Gasteiger partial charge on any atom is -0.494 e. The Labute approximate surface area is 111 Å². The smallest absolute Gasteiger partial charge is 0.176 e. The van der Waals surface area contributed by atoms with Crippen molar-refractivity contribution in [1.29, 1.82) is 0 Å². The van der Waals surface area contributed by atoms with Gasteiger partial charge in [-0.3, -0.25) is 9.69 Å². The van der Waals surface area contributed by atoms with Gasteiger partial charge in [-0.25, -0.2) is 4.39 Å². The number of benzene rings is 1. The van der Waals surface area contributed by atoms with Gasteiger partial charge in [-0.15, -0.1) is 0 Å². The first-order chi connectivity index (χ1) is 9.13. The summed E-state index contributed by atoms with van der Waals surface area (Å²) in [4.78, 5) is 14.0. The van der Waals surface area contributed by atoms with Crippen molar-refractivity contribution in [2.45, 2.75) is 6.42 Å². The Morgan fingerprint density at radius 3 is 2.95 bits per heavy atom. The highest BCUT2D eigenvalue weighted by Crippen LogP contribution is 2.19. The average molecular weight is 267 g/mol. The molecule has 19 heavy (non-hydrogen) atoms. The van der Waals surface area contributed by atoms with Gasteiger partial charge < -0.3 is 9.84 Å². The molecule has 1 aliphatic rings. The Morgan fingerprint density at radius 1 is 1.58 bits per heavy atom. The molecule has 1 aromatic rings. The lowest BCUT2D eigenvalue weighted by molar-refractivity contribution is 0.0940. The lowest BCUT2D eigenvalue weighted by atomic mass is 10.1. The molecule has 0 saturated carbocycles. The molecule has 1 saturated heterocycles. The van der Waals surface area contributed by atoms with Crippen LogP contribution in [0.2, 0.25) is 0 Å². The molecule has 1 heterocycles. The van der Waals surface area contributed by atoms with Crippen molar-refractivity contribution in [3.8, 4) is 5.75 Å². The second kappa shape index (κ2) is 6.12. The number of carbonyl (C=O) groups is 1. The lowest BCUT2D eigenvalue weighted by Crippen LogP contribution is -2.28. The molecule has 4 nitrogen and oxygen atoms in total. The van der Waals surface area contributed by atoms with Gasteiger partial charge in [0.2, 0.25) is 0 Å². The van der Waals surface area contributed by atoms with Crippen LogP contribution in [0.4, 0.5) is 4.39 Å². The van der Waals surface area contributed by atoms with E-state index in [1.54, 1.807) is 6.07 Å². The number of ketones is 1. The predicted octanol–water partition coefficient (Wildman–Crippen LogP) is 1.33. The summed E-state index contributed by atoms with van der Waals surface area (Å²) in [6.07, 6.45) is 0.904. The first-order valence-electron chi connectivity index (χ1n) is 6.34. The molecular weight excluding hydrogens is 249 g/mol. The van der Waals surface area contributed by atoms with Crippen LogP contribution in [0.1, 0.15) is 16.8 Å². The van der Waals surface area contributed by atoms with Crippen molar-refractivity contribution in [2.75, 3.05) is 33.4 Å². The normalized spacial score (nSPS) is 19.6. The van der Waals surface area contributed by atoms with E-state index in [1.807, 2.05) is 4.90 Å². The largest absolute Gasteiger partial charge is 0.494 e. The molecule has 1 aromatic carbocycles. The fourth-order valence-corrected chi connectivity index (χ4v) is 2.34. The Bertz CT molecular complexity index is 464. The molecule has 0 aliphatic carbocycles. The summed E-state index contributed by atoms with van der Waals surface area (Å²) in [6.45, 7) is 1.95. The van der Waals surface area contributed by atoms with E-state index in [-0.39, 0.29) is 30.6 Å². The monoisotopic (exact) mass is 267 g/mol. The second-order valence-corrected chi connectivity index (χ2v) is 4.84. The Morgan fingerprint density at radius 2 is 2.37 bits per heavy atom. The van der Waals surface area contributed by atoms with E-state index in [1.165, 1.54) is 19.2 Å². The molecule has 1 N–H and O–H groups in total. The van der Waals surface area contributed by atoms with E-state index in [0.29, 0.717) is 5.56 Å². The number of ether oxygens (including phenoxy) is 1. The minimum absolute atomic E-state index is 0.111. The maximum absolute atomic E-state index is 13.5. The zero-order valence-corrected chi connectivity index (χ0v) is 10.9. The highest BCUT2D eigenvalue weighted by Gasteiger charge is 2.23. The molecule has 0 aromatic heterocycles. The van der Waals surface area contributed by atoms with E-state index >= 15 is 0 Å². The van der Waals surface area contributed by atoms with E-state index in [4.69, 9.17) is 9.84 Å². The Balaban J connectivity index is 1.98. The molecule has 1 aliphatic heterocycles. The van der Waals surface area contributed by atoms with Gasteiger partial charge in [0.05, 0.1) is 13.7 Å². The number of carbonyl (C=O) groups excluding carboxylic acids is 1. The topological polar surface area (TPSA) is 49.8 Å². The van der Waals surface area contributed by atoms with Gasteiger partial charge in [0.25, 0.3) is 0 Å². The van der Waals surface area contributed by atoms with Gasteiger partial charge >= 0.3 is 0 Å². The van der Waals surface area contributed by atoms with E-state index in [0.717, 1.165) is 19.5 Å². The van der Waals surface area contributed by atoms with Crippen LogP contribution < -0.4 is 4.74 Å². The molecule has 0 amide bonds. The van der Waals surface area contributed by atoms with Crippen molar-refractivity contribution in [3.05, 3.63) is 29.6 Å². The van der Waals surface area contributed by atoms with Crippen molar-refractivity contribution >= 4 is 5.78 Å². The van der Waals surface area contributed by atoms with Gasteiger partial charge in [-0.1, -0.05) is 0 Å². The van der Waals surface area contributed by atoms with Gasteiger partial charge in [0.15, 0.2) is 17.3 Å². The standard InChI is InChI=1S/C14H18FNO3/c1-19-14-3-2-11(6-12(14)15)13(18)8-16-5-4-10(7-16)9-17/h2-3,6,10,17H,4-5,7-9H2,1H3. The van der Waals surface area contributed by atoms with Crippen LogP contribution in [-0.2, 0) is 0 Å². The summed E-state index contributed by atoms with van der Waals surface area (Å²) in [5.74, 6) is -0.248. The summed E-state index contributed by atoms with van der Waals surface area (Å²) in [7, 11) is 1.39. The summed E-state index contributed by atoms with van der Waals surface area (Å²) in [6, 6.07) is 4.24. The van der Waals surface area contributed by atoms with Crippen molar-refractivity contribution < 1.29 is 19.0 Å². The Hall–Kier alpha value is -1.46. The summed E-state index contributed by atoms with van der Waals surface area (Å²) in [5, 5.41) is 9.05. The minimum atomic E-state index is -0.525. The molecule has 2 rings (SSSR count). The van der Waals surface area contributed by atoms with Crippen LogP contribution >= 0.6 is 0 Å². The number of nitrogens with zero attached hydrogens (tertiary/aromatic N) is 1. The summed E-state index contributed by atoms with van der Waals surface area (Å²) in [5.41, 5.74) is 0.353. The molecule has 0 bridgehead atoms. The molecule has 0 spiro atoms. The number of aliphatic hydroxyl groups excluding tert-OH is 1. The van der Waals surface area contributed by atoms with Gasteiger partial charge in [-0.05, 0) is 37.1 Å². The fourth-order valence-electron chi connectivity index (χ4n) is 2.34. The number of Topliss-reactive ketones (excluding diaryl/α,β-unsaturated/α-hetero) is 1. The quantitative estimate of drug-likeness (QED) is 0.818. The van der Waals surface area contributed by atoms with Crippen molar-refractivity contribution in [3.63, 3.8) is 0 Å². The first kappa shape index (κ1) is 14.0. The number of hydrogen-bond donors (Lipinski definition) is 1. The van der Waals surface area contributed by atoms with Gasteiger partial charge in [0.1, 0.15) is 0 Å². The first-order valence-corrected chi connectivity index (χ1v) is 6.34. The van der Waals surface area contributed by atoms with E-state index in [9.17, 15) is 9.18 Å². The fraction of sp³-hybridized carbons (Fsp3) is 0.500. The zero-order valence-electron chi connectivity index (χ0n) is 10.9. The maximum atomic E-state index is 13.5. The van der Waals surface area contributed by atoms with Crippen LogP contribution in [0.15, 0.2) is 18.2 Å². The van der Waals surface area contributed by atoms with Crippen LogP contribution in [0.25, 0.3) is 0 Å². The van der Waals surface area contributed by atoms with E-state index in [2.05, 4.69) is 0 Å². The van der Waals surface area contributed by atoms with Crippen LogP contribution in [0.3, 0.4) is 0 Å². The van der Waals surface area contributed by atoms with Crippen LogP contribution in [0, 0.1) is 11.7 Å². The molecule has 1 fully saturated rings. The molecule has 0 radical (unpaired) electrons. The third kappa shape index (κ3) is 3.30. The molecular formula is C14H18FNO3. The Kier molecular flexibility index (Phi) is 4.50. The average Bonchev–Trinajstić information content (AvgIpc) is 2.86. The maximum Gasteiger partial charge on any atom is 0.176 e. The summed E-state index contributed by atoms with van der Waals surface area (Å²) >= 11 is 0. The SMILES string of the molecule is COc1ccc(C(=O)CN2CCC(CO)C2)cc1F. The van der Waals surface area contributed by atoms with Crippen molar-refractivity contribution in [2.24, 2.45) is 5.92 Å². The van der Waals surface area contributed by atoms with E-state index < -0.39 is 5.82 Å². The number of aliphatic hydroxyl groups is 1. The zero-order chi connectivity index (χ0) is 13.8. The molecule has 1 atom stereocenters. The summed E-state index contributed by atoms with van der Waals surface area (Å²) < 4.78 is 18.3. The van der Waals surface area contributed by atoms with Crippen LogP contribution in [-0.4, -0.2) is 49.1 Å². The number of halogens is 1. The molecule has 1 unspecified atom stereocenters. The lowest BCUT2D eigenvalue weighted by Gasteiger charge is -2.14. The van der Waals surface area contributed by atoms with Gasteiger partial charge in [0, 0.05) is 18.7 Å².